The molecular formula is C20H20N2O2S. The Morgan fingerprint density at radius 2 is 1.64 bits per heavy atom. The molecule has 1 fully saturated rings. The van der Waals surface area contributed by atoms with Crippen LogP contribution >= 0.6 is 11.3 Å². The summed E-state index contributed by atoms with van der Waals surface area (Å²) in [5.41, 5.74) is 3.17. The van der Waals surface area contributed by atoms with Gasteiger partial charge in [0, 0.05) is 47.3 Å². The Balaban J connectivity index is 1.56. The van der Waals surface area contributed by atoms with E-state index in [-0.39, 0.29) is 11.2 Å². The number of benzene rings is 2. The standard InChI is InChI=1S/C20H20N2O2S/c1-14-2-7-19-17(12-14)20(24)18(13-25-19)22-10-8-21(9-11-22)15-3-5-16(23)6-4-15/h2-7,12-13,23H,8-11H2,1H3. The zero-order valence-corrected chi connectivity index (χ0v) is 14.9. The highest BCUT2D eigenvalue weighted by Crippen LogP contribution is 2.25. The maximum Gasteiger partial charge on any atom is 0.211 e. The summed E-state index contributed by atoms with van der Waals surface area (Å²) in [5, 5.41) is 12.2. The third-order valence-corrected chi connectivity index (χ3v) is 5.70. The maximum absolute atomic E-state index is 12.9. The predicted octanol–water partition coefficient (Wildman–Crippen LogP) is 3.60. The fraction of sp³-hybridized carbons (Fsp3) is 0.250. The molecule has 0 radical (unpaired) electrons. The summed E-state index contributed by atoms with van der Waals surface area (Å²) in [6.45, 7) is 5.38. The summed E-state index contributed by atoms with van der Waals surface area (Å²) < 4.78 is 1.04. The van der Waals surface area contributed by atoms with Crippen molar-refractivity contribution in [2.75, 3.05) is 36.0 Å². The van der Waals surface area contributed by atoms with Gasteiger partial charge in [-0.2, -0.15) is 0 Å². The summed E-state index contributed by atoms with van der Waals surface area (Å²) >= 11 is 1.64. The monoisotopic (exact) mass is 352 g/mol. The van der Waals surface area contributed by atoms with E-state index < -0.39 is 0 Å². The highest BCUT2D eigenvalue weighted by molar-refractivity contribution is 7.16. The van der Waals surface area contributed by atoms with Gasteiger partial charge in [0.05, 0.1) is 5.69 Å². The van der Waals surface area contributed by atoms with Crippen LogP contribution in [0.3, 0.4) is 0 Å². The van der Waals surface area contributed by atoms with E-state index >= 15 is 0 Å². The predicted molar refractivity (Wildman–Crippen MR) is 105 cm³/mol. The van der Waals surface area contributed by atoms with E-state index in [1.165, 1.54) is 0 Å². The molecule has 1 aliphatic rings. The minimum atomic E-state index is 0.135. The first-order valence-corrected chi connectivity index (χ1v) is 9.31. The molecule has 0 saturated carbocycles. The van der Waals surface area contributed by atoms with E-state index in [2.05, 4.69) is 9.80 Å². The molecule has 1 aliphatic heterocycles. The van der Waals surface area contributed by atoms with Gasteiger partial charge < -0.3 is 14.9 Å². The molecule has 5 heteroatoms. The number of nitrogens with zero attached hydrogens (tertiary/aromatic N) is 2. The molecule has 3 aromatic rings. The molecule has 0 aliphatic carbocycles. The lowest BCUT2D eigenvalue weighted by molar-refractivity contribution is 0.475. The zero-order valence-electron chi connectivity index (χ0n) is 14.1. The molecule has 0 amide bonds. The molecule has 25 heavy (non-hydrogen) atoms. The number of hydrogen-bond acceptors (Lipinski definition) is 5. The molecule has 4 nitrogen and oxygen atoms in total. The fourth-order valence-corrected chi connectivity index (χ4v) is 4.24. The molecule has 0 atom stereocenters. The van der Waals surface area contributed by atoms with E-state index in [0.717, 1.165) is 53.2 Å². The molecule has 2 heterocycles. The molecule has 1 N–H and O–H groups in total. The fourth-order valence-electron chi connectivity index (χ4n) is 3.32. The van der Waals surface area contributed by atoms with E-state index in [1.54, 1.807) is 23.5 Å². The smallest absolute Gasteiger partial charge is 0.211 e. The van der Waals surface area contributed by atoms with Gasteiger partial charge in [-0.1, -0.05) is 11.6 Å². The average molecular weight is 352 g/mol. The molecule has 0 unspecified atom stereocenters. The lowest BCUT2D eigenvalue weighted by Crippen LogP contribution is -2.47. The molecule has 1 aromatic heterocycles. The van der Waals surface area contributed by atoms with E-state index in [4.69, 9.17) is 0 Å². The van der Waals surface area contributed by atoms with Crippen molar-refractivity contribution in [1.29, 1.82) is 0 Å². The van der Waals surface area contributed by atoms with Gasteiger partial charge in [-0.3, -0.25) is 4.79 Å². The van der Waals surface area contributed by atoms with Gasteiger partial charge in [-0.05, 0) is 43.3 Å². The number of aryl methyl sites for hydroxylation is 1. The van der Waals surface area contributed by atoms with Crippen molar-refractivity contribution in [3.8, 4) is 5.75 Å². The van der Waals surface area contributed by atoms with Crippen molar-refractivity contribution in [3.05, 3.63) is 63.6 Å². The molecule has 128 valence electrons. The van der Waals surface area contributed by atoms with Crippen LogP contribution in [0.5, 0.6) is 5.75 Å². The molecule has 2 aromatic carbocycles. The lowest BCUT2D eigenvalue weighted by atomic mass is 10.1. The highest BCUT2D eigenvalue weighted by Gasteiger charge is 2.20. The van der Waals surface area contributed by atoms with E-state index in [9.17, 15) is 9.90 Å². The van der Waals surface area contributed by atoms with Gasteiger partial charge in [0.25, 0.3) is 0 Å². The van der Waals surface area contributed by atoms with Gasteiger partial charge >= 0.3 is 0 Å². The number of aromatic hydroxyl groups is 1. The van der Waals surface area contributed by atoms with Crippen molar-refractivity contribution in [2.24, 2.45) is 0 Å². The lowest BCUT2D eigenvalue weighted by Gasteiger charge is -2.37. The van der Waals surface area contributed by atoms with E-state index in [1.807, 2.05) is 42.6 Å². The van der Waals surface area contributed by atoms with Gasteiger partial charge in [0.1, 0.15) is 5.75 Å². The van der Waals surface area contributed by atoms with Crippen LogP contribution in [0.2, 0.25) is 0 Å². The normalized spacial score (nSPS) is 14.9. The molecule has 0 bridgehead atoms. The SMILES string of the molecule is Cc1ccc2scc(N3CCN(c4ccc(O)cc4)CC3)c(=O)c2c1. The first-order chi connectivity index (χ1) is 12.1. The van der Waals surface area contributed by atoms with Crippen LogP contribution in [0.15, 0.2) is 52.6 Å². The van der Waals surface area contributed by atoms with Gasteiger partial charge in [0.15, 0.2) is 0 Å². The number of piperazine rings is 1. The Labute approximate surface area is 150 Å². The van der Waals surface area contributed by atoms with Crippen LogP contribution in [0.4, 0.5) is 11.4 Å². The highest BCUT2D eigenvalue weighted by atomic mass is 32.1. The zero-order chi connectivity index (χ0) is 17.4. The largest absolute Gasteiger partial charge is 0.508 e. The van der Waals surface area contributed by atoms with Crippen molar-refractivity contribution in [1.82, 2.24) is 0 Å². The molecular weight excluding hydrogens is 332 g/mol. The second-order valence-electron chi connectivity index (χ2n) is 6.44. The quantitative estimate of drug-likeness (QED) is 0.765. The third-order valence-electron chi connectivity index (χ3n) is 4.75. The second kappa shape index (κ2) is 6.41. The Kier molecular flexibility index (Phi) is 4.09. The first-order valence-electron chi connectivity index (χ1n) is 8.43. The Bertz CT molecular complexity index is 958. The van der Waals surface area contributed by atoms with Crippen LogP contribution in [0, 0.1) is 6.92 Å². The number of fused-ring (bicyclic) bond motifs is 1. The van der Waals surface area contributed by atoms with Gasteiger partial charge in [0.2, 0.25) is 5.43 Å². The minimum Gasteiger partial charge on any atom is -0.508 e. The Hall–Kier alpha value is -2.53. The summed E-state index contributed by atoms with van der Waals surface area (Å²) in [6, 6.07) is 13.4. The number of rotatable bonds is 2. The summed E-state index contributed by atoms with van der Waals surface area (Å²) in [4.78, 5) is 17.4. The van der Waals surface area contributed by atoms with Crippen molar-refractivity contribution in [3.63, 3.8) is 0 Å². The summed E-state index contributed by atoms with van der Waals surface area (Å²) in [7, 11) is 0. The van der Waals surface area contributed by atoms with Crippen LogP contribution in [0.25, 0.3) is 10.1 Å². The minimum absolute atomic E-state index is 0.135. The molecule has 0 spiro atoms. The maximum atomic E-state index is 12.9. The number of phenolic OH excluding ortho intramolecular Hbond substituents is 1. The van der Waals surface area contributed by atoms with Gasteiger partial charge in [-0.25, -0.2) is 0 Å². The van der Waals surface area contributed by atoms with Crippen LogP contribution in [-0.4, -0.2) is 31.3 Å². The van der Waals surface area contributed by atoms with Gasteiger partial charge in [-0.15, -0.1) is 11.3 Å². The summed E-state index contributed by atoms with van der Waals surface area (Å²) in [5.74, 6) is 0.284. The third kappa shape index (κ3) is 3.07. The Morgan fingerprint density at radius 3 is 2.36 bits per heavy atom. The van der Waals surface area contributed by atoms with Crippen LogP contribution in [-0.2, 0) is 0 Å². The van der Waals surface area contributed by atoms with Crippen molar-refractivity contribution in [2.45, 2.75) is 6.92 Å². The van der Waals surface area contributed by atoms with Crippen LogP contribution < -0.4 is 15.2 Å². The first kappa shape index (κ1) is 16.0. The van der Waals surface area contributed by atoms with E-state index in [0.29, 0.717) is 0 Å². The topological polar surface area (TPSA) is 43.8 Å². The van der Waals surface area contributed by atoms with Crippen LogP contribution in [0.1, 0.15) is 5.56 Å². The number of anilines is 2. The van der Waals surface area contributed by atoms with Crippen molar-refractivity contribution >= 4 is 32.8 Å². The number of phenols is 1. The Morgan fingerprint density at radius 1 is 0.960 bits per heavy atom. The summed E-state index contributed by atoms with van der Waals surface area (Å²) in [6.07, 6.45) is 0. The molecule has 4 rings (SSSR count). The number of hydrogen-bond donors (Lipinski definition) is 1. The van der Waals surface area contributed by atoms with Crippen molar-refractivity contribution < 1.29 is 5.11 Å². The molecule has 1 saturated heterocycles. The average Bonchev–Trinajstić information content (AvgIpc) is 2.63. The second-order valence-corrected chi connectivity index (χ2v) is 7.35.